The van der Waals surface area contributed by atoms with Crippen molar-refractivity contribution >= 4 is 21.7 Å². The lowest BCUT2D eigenvalue weighted by molar-refractivity contribution is -0.428. The van der Waals surface area contributed by atoms with E-state index in [1.54, 1.807) is 0 Å². The van der Waals surface area contributed by atoms with Crippen LogP contribution in [0.3, 0.4) is 0 Å². The van der Waals surface area contributed by atoms with Crippen LogP contribution in [0, 0.1) is 4.91 Å². The highest BCUT2D eigenvalue weighted by Crippen LogP contribution is 2.27. The Morgan fingerprint density at radius 3 is 2.75 bits per heavy atom. The van der Waals surface area contributed by atoms with Gasteiger partial charge in [-0.25, -0.2) is 8.42 Å². The van der Waals surface area contributed by atoms with E-state index in [9.17, 15) is 18.1 Å². The topological polar surface area (TPSA) is 94.8 Å². The molecule has 0 aliphatic carbocycles. The molecule has 1 atom stereocenters. The number of benzene rings is 1. The normalized spacial score (nSPS) is 19.9. The third kappa shape index (κ3) is 2.56. The highest BCUT2D eigenvalue weighted by Gasteiger charge is 2.39. The summed E-state index contributed by atoms with van der Waals surface area (Å²) in [6.07, 6.45) is 0.813. The Balaban J connectivity index is 2.42. The summed E-state index contributed by atoms with van der Waals surface area (Å²) in [4.78, 5) is 22.3. The van der Waals surface area contributed by atoms with E-state index < -0.39 is 22.0 Å². The van der Waals surface area contributed by atoms with Crippen LogP contribution in [0.15, 0.2) is 29.2 Å². The molecule has 2 rings (SSSR count). The molecule has 108 valence electrons. The first-order valence-corrected chi connectivity index (χ1v) is 7.53. The third-order valence-corrected chi connectivity index (χ3v) is 5.18. The minimum absolute atomic E-state index is 0.0640. The van der Waals surface area contributed by atoms with Crippen LogP contribution in [0.2, 0.25) is 0 Å². The van der Waals surface area contributed by atoms with Gasteiger partial charge in [0, 0.05) is 28.3 Å². The lowest BCUT2D eigenvalue weighted by Gasteiger charge is -2.20. The number of hydrogen-bond acceptors (Lipinski definition) is 4. The molecular weight excluding hydrogens is 284 g/mol. The first kappa shape index (κ1) is 14.6. The second-order valence-electron chi connectivity index (χ2n) is 4.61. The monoisotopic (exact) mass is 299 g/mol. The predicted octanol–water partition coefficient (Wildman–Crippen LogP) is 0.964. The van der Waals surface area contributed by atoms with Gasteiger partial charge in [-0.15, -0.1) is 0 Å². The number of hydrogen-bond donors (Lipinski definition) is 1. The van der Waals surface area contributed by atoms with E-state index in [2.05, 4.69) is 0 Å². The highest BCUT2D eigenvalue weighted by atomic mass is 32.2. The summed E-state index contributed by atoms with van der Waals surface area (Å²) in [6.45, 7) is 0.177. The van der Waals surface area contributed by atoms with Crippen LogP contribution in [0.1, 0.15) is 12.8 Å². The summed E-state index contributed by atoms with van der Waals surface area (Å²) in [6, 6.07) is 4.53. The second-order valence-corrected chi connectivity index (χ2v) is 6.50. The van der Waals surface area contributed by atoms with Gasteiger partial charge in [0.15, 0.2) is 7.05 Å². The number of aliphatic carboxylic acids is 1. The number of carboxylic acid groups (broad SMARTS) is 1. The van der Waals surface area contributed by atoms with Gasteiger partial charge in [0.05, 0.1) is 4.90 Å². The zero-order chi connectivity index (χ0) is 14.9. The fraction of sp³-hybridized carbons (Fsp3) is 0.417. The molecular formula is C12H15N2O5S+. The van der Waals surface area contributed by atoms with Crippen LogP contribution in [0.5, 0.6) is 0 Å². The molecule has 1 saturated heterocycles. The standard InChI is InChI=1S/C12H14N2O5S/c1-13(17)9-4-2-5-10(8-9)20(18,19)14-7-3-6-11(14)12(15)16/h2,4-5,8,11H,3,6-7H2,1H3/p+1/t11-/m0/s1. The summed E-state index contributed by atoms with van der Waals surface area (Å²) < 4.78 is 26.5. The molecule has 1 aliphatic rings. The molecule has 1 aromatic carbocycles. The molecule has 1 aromatic rings. The van der Waals surface area contributed by atoms with Gasteiger partial charge < -0.3 is 5.11 Å². The molecule has 1 fully saturated rings. The van der Waals surface area contributed by atoms with Crippen LogP contribution >= 0.6 is 0 Å². The predicted molar refractivity (Wildman–Crippen MR) is 70.2 cm³/mol. The molecule has 0 aromatic heterocycles. The van der Waals surface area contributed by atoms with Crippen molar-refractivity contribution in [2.45, 2.75) is 23.8 Å². The van der Waals surface area contributed by atoms with Gasteiger partial charge in [-0.1, -0.05) is 6.07 Å². The maximum atomic E-state index is 12.5. The number of nitrogens with zero attached hydrogens (tertiary/aromatic N) is 2. The van der Waals surface area contributed by atoms with Crippen molar-refractivity contribution in [3.05, 3.63) is 29.2 Å². The fourth-order valence-electron chi connectivity index (χ4n) is 2.25. The van der Waals surface area contributed by atoms with E-state index in [-0.39, 0.29) is 17.1 Å². The SMILES string of the molecule is C[N+](=O)c1cccc(S(=O)(=O)N2CCC[C@H]2C(=O)O)c1. The Morgan fingerprint density at radius 2 is 2.15 bits per heavy atom. The fourth-order valence-corrected chi connectivity index (χ4v) is 3.94. The summed E-state index contributed by atoms with van der Waals surface area (Å²) in [5, 5.41) is 9.07. The van der Waals surface area contributed by atoms with Gasteiger partial charge >= 0.3 is 5.97 Å². The van der Waals surface area contributed by atoms with Crippen molar-refractivity contribution in [1.82, 2.24) is 4.31 Å². The minimum Gasteiger partial charge on any atom is -0.480 e. The van der Waals surface area contributed by atoms with Gasteiger partial charge in [0.2, 0.25) is 10.0 Å². The second kappa shape index (κ2) is 5.29. The Kier molecular flexibility index (Phi) is 3.87. The van der Waals surface area contributed by atoms with Gasteiger partial charge in [0.25, 0.3) is 5.69 Å². The number of nitroso groups, excluding NO2 is 1. The van der Waals surface area contributed by atoms with Crippen molar-refractivity contribution in [2.75, 3.05) is 13.6 Å². The lowest BCUT2D eigenvalue weighted by atomic mass is 10.2. The van der Waals surface area contributed by atoms with Crippen LogP contribution in [-0.2, 0) is 14.8 Å². The van der Waals surface area contributed by atoms with Crippen molar-refractivity contribution in [1.29, 1.82) is 0 Å². The molecule has 8 heteroatoms. The van der Waals surface area contributed by atoms with E-state index in [0.29, 0.717) is 17.6 Å². The Bertz CT molecular complexity index is 656. The zero-order valence-corrected chi connectivity index (χ0v) is 11.7. The van der Waals surface area contributed by atoms with Crippen molar-refractivity contribution in [3.8, 4) is 0 Å². The summed E-state index contributed by atoms with van der Waals surface area (Å²) in [7, 11) is -2.64. The molecule has 0 amide bonds. The molecule has 1 N–H and O–H groups in total. The highest BCUT2D eigenvalue weighted by molar-refractivity contribution is 7.89. The minimum atomic E-state index is -3.90. The lowest BCUT2D eigenvalue weighted by Crippen LogP contribution is -2.40. The van der Waals surface area contributed by atoms with Crippen LogP contribution in [-0.4, -0.2) is 48.2 Å². The summed E-state index contributed by atoms with van der Waals surface area (Å²) in [5.74, 6) is -1.15. The van der Waals surface area contributed by atoms with Crippen LogP contribution < -0.4 is 0 Å². The summed E-state index contributed by atoms with van der Waals surface area (Å²) >= 11 is 0. The Hall–Kier alpha value is -1.80. The molecule has 0 saturated carbocycles. The maximum Gasteiger partial charge on any atom is 0.322 e. The van der Waals surface area contributed by atoms with Crippen molar-refractivity contribution < 1.29 is 23.1 Å². The number of carboxylic acids is 1. The van der Waals surface area contributed by atoms with Gasteiger partial charge in [-0.05, 0) is 18.9 Å². The van der Waals surface area contributed by atoms with E-state index in [0.717, 1.165) is 4.31 Å². The Morgan fingerprint density at radius 1 is 1.45 bits per heavy atom. The van der Waals surface area contributed by atoms with Gasteiger partial charge in [-0.2, -0.15) is 4.31 Å². The summed E-state index contributed by atoms with van der Waals surface area (Å²) in [5.41, 5.74) is 0.206. The van der Waals surface area contributed by atoms with Crippen LogP contribution in [0.4, 0.5) is 5.69 Å². The van der Waals surface area contributed by atoms with Crippen molar-refractivity contribution in [3.63, 3.8) is 0 Å². The molecule has 0 unspecified atom stereocenters. The largest absolute Gasteiger partial charge is 0.480 e. The van der Waals surface area contributed by atoms with E-state index >= 15 is 0 Å². The van der Waals surface area contributed by atoms with Gasteiger partial charge in [0.1, 0.15) is 6.04 Å². The Labute approximate surface area is 116 Å². The molecule has 1 aliphatic heterocycles. The molecule has 0 bridgehead atoms. The first-order chi connectivity index (χ1) is 9.34. The first-order valence-electron chi connectivity index (χ1n) is 6.09. The van der Waals surface area contributed by atoms with E-state index in [4.69, 9.17) is 5.11 Å². The maximum absolute atomic E-state index is 12.5. The molecule has 0 spiro atoms. The smallest absolute Gasteiger partial charge is 0.322 e. The molecule has 0 radical (unpaired) electrons. The van der Waals surface area contributed by atoms with E-state index in [1.807, 2.05) is 0 Å². The number of sulfonamides is 1. The van der Waals surface area contributed by atoms with Gasteiger partial charge in [-0.3, -0.25) is 4.79 Å². The average Bonchev–Trinajstić information content (AvgIpc) is 2.89. The number of rotatable bonds is 4. The zero-order valence-electron chi connectivity index (χ0n) is 10.9. The van der Waals surface area contributed by atoms with Crippen LogP contribution in [0.25, 0.3) is 0 Å². The average molecular weight is 299 g/mol. The molecule has 1 heterocycles. The molecule has 7 nitrogen and oxygen atoms in total. The van der Waals surface area contributed by atoms with Crippen molar-refractivity contribution in [2.24, 2.45) is 0 Å². The quantitative estimate of drug-likeness (QED) is 0.836. The van der Waals surface area contributed by atoms with E-state index in [1.165, 1.54) is 31.3 Å². The number of carbonyl (C=O) groups is 1. The third-order valence-electron chi connectivity index (χ3n) is 3.28. The molecule has 20 heavy (non-hydrogen) atoms.